The molecule has 0 aromatic heterocycles. The number of carbonyl (C=O) groups excluding carboxylic acids is 2. The number of amides is 3. The molecule has 0 spiro atoms. The van der Waals surface area contributed by atoms with E-state index in [1.807, 2.05) is 6.07 Å². The van der Waals surface area contributed by atoms with Crippen molar-refractivity contribution in [3.05, 3.63) is 18.2 Å². The van der Waals surface area contributed by atoms with Gasteiger partial charge in [-0.2, -0.15) is 0 Å². The van der Waals surface area contributed by atoms with Crippen molar-refractivity contribution in [3.63, 3.8) is 0 Å². The molecule has 0 radical (unpaired) electrons. The van der Waals surface area contributed by atoms with Gasteiger partial charge in [0.1, 0.15) is 0 Å². The number of hydrogen-bond donors (Lipinski definition) is 2. The Bertz CT molecular complexity index is 643. The SMILES string of the molecule is COc1ccc(N2CC(NC(=O)NC3CCCC3)CC2=O)cc1OC. The fraction of sp³-hybridized carbons (Fsp3) is 0.556. The van der Waals surface area contributed by atoms with Crippen LogP contribution >= 0.6 is 0 Å². The minimum absolute atomic E-state index is 0.0154. The number of rotatable bonds is 5. The molecule has 2 aliphatic rings. The van der Waals surface area contributed by atoms with Crippen LogP contribution in [0.25, 0.3) is 0 Å². The molecule has 3 rings (SSSR count). The highest BCUT2D eigenvalue weighted by Crippen LogP contribution is 2.33. The third-order valence-corrected chi connectivity index (χ3v) is 4.83. The Balaban J connectivity index is 1.61. The lowest BCUT2D eigenvalue weighted by molar-refractivity contribution is -0.117. The summed E-state index contributed by atoms with van der Waals surface area (Å²) in [6.07, 6.45) is 4.70. The molecule has 7 heteroatoms. The maximum atomic E-state index is 12.3. The number of methoxy groups -OCH3 is 2. The monoisotopic (exact) mass is 347 g/mol. The average molecular weight is 347 g/mol. The van der Waals surface area contributed by atoms with Gasteiger partial charge >= 0.3 is 6.03 Å². The summed E-state index contributed by atoms with van der Waals surface area (Å²) in [4.78, 5) is 26.1. The van der Waals surface area contributed by atoms with E-state index < -0.39 is 0 Å². The second-order valence-corrected chi connectivity index (χ2v) is 6.54. The number of anilines is 1. The zero-order chi connectivity index (χ0) is 17.8. The molecule has 2 fully saturated rings. The average Bonchev–Trinajstić information content (AvgIpc) is 3.23. The number of nitrogens with zero attached hydrogens (tertiary/aromatic N) is 1. The molecule has 1 aliphatic heterocycles. The van der Waals surface area contributed by atoms with E-state index in [2.05, 4.69) is 10.6 Å². The van der Waals surface area contributed by atoms with Crippen LogP contribution in [0.15, 0.2) is 18.2 Å². The Kier molecular flexibility index (Phi) is 5.31. The highest BCUT2D eigenvalue weighted by molar-refractivity contribution is 5.97. The number of urea groups is 1. The summed E-state index contributed by atoms with van der Waals surface area (Å²) < 4.78 is 10.5. The molecule has 0 bridgehead atoms. The lowest BCUT2D eigenvalue weighted by Gasteiger charge is -2.19. The first kappa shape index (κ1) is 17.4. The third-order valence-electron chi connectivity index (χ3n) is 4.83. The van der Waals surface area contributed by atoms with E-state index in [0.717, 1.165) is 18.5 Å². The standard InChI is InChI=1S/C18H25N3O4/c1-24-15-8-7-14(10-16(15)25-2)21-11-13(9-17(21)22)20-18(23)19-12-5-3-4-6-12/h7-8,10,12-13H,3-6,9,11H2,1-2H3,(H2,19,20,23). The van der Waals surface area contributed by atoms with Gasteiger partial charge in [0.15, 0.2) is 11.5 Å². The van der Waals surface area contributed by atoms with Crippen molar-refractivity contribution in [3.8, 4) is 11.5 Å². The highest BCUT2D eigenvalue weighted by Gasteiger charge is 2.32. The van der Waals surface area contributed by atoms with Gasteiger partial charge in [-0.25, -0.2) is 4.79 Å². The molecule has 136 valence electrons. The van der Waals surface area contributed by atoms with Crippen LogP contribution in [0.3, 0.4) is 0 Å². The fourth-order valence-electron chi connectivity index (χ4n) is 3.53. The summed E-state index contributed by atoms with van der Waals surface area (Å²) in [5, 5.41) is 5.91. The number of carbonyl (C=O) groups is 2. The smallest absolute Gasteiger partial charge is 0.315 e. The zero-order valence-electron chi connectivity index (χ0n) is 14.7. The van der Waals surface area contributed by atoms with Crippen molar-refractivity contribution in [1.82, 2.24) is 10.6 Å². The lowest BCUT2D eigenvalue weighted by Crippen LogP contribution is -2.46. The van der Waals surface area contributed by atoms with Crippen LogP contribution in [0.5, 0.6) is 11.5 Å². The summed E-state index contributed by atoms with van der Waals surface area (Å²) in [5.41, 5.74) is 0.739. The molecule has 3 amide bonds. The van der Waals surface area contributed by atoms with E-state index in [0.29, 0.717) is 24.5 Å². The van der Waals surface area contributed by atoms with Crippen molar-refractivity contribution in [2.45, 2.75) is 44.2 Å². The van der Waals surface area contributed by atoms with Gasteiger partial charge in [-0.15, -0.1) is 0 Å². The van der Waals surface area contributed by atoms with Crippen molar-refractivity contribution in [2.24, 2.45) is 0 Å². The molecule has 1 aromatic carbocycles. The van der Waals surface area contributed by atoms with Crippen LogP contribution in [0.1, 0.15) is 32.1 Å². The predicted molar refractivity (Wildman–Crippen MR) is 94.2 cm³/mol. The minimum atomic E-state index is -0.193. The molecular formula is C18H25N3O4. The van der Waals surface area contributed by atoms with Gasteiger partial charge in [0.25, 0.3) is 0 Å². The predicted octanol–water partition coefficient (Wildman–Crippen LogP) is 2.05. The molecule has 25 heavy (non-hydrogen) atoms. The van der Waals surface area contributed by atoms with Crippen LogP contribution in [-0.2, 0) is 4.79 Å². The van der Waals surface area contributed by atoms with Crippen molar-refractivity contribution in [1.29, 1.82) is 0 Å². The molecular weight excluding hydrogens is 322 g/mol. The van der Waals surface area contributed by atoms with Gasteiger partial charge in [-0.3, -0.25) is 4.79 Å². The molecule has 1 saturated heterocycles. The Hall–Kier alpha value is -2.44. The van der Waals surface area contributed by atoms with Crippen molar-refractivity contribution < 1.29 is 19.1 Å². The number of ether oxygens (including phenoxy) is 2. The van der Waals surface area contributed by atoms with Crippen molar-refractivity contribution in [2.75, 3.05) is 25.7 Å². The Morgan fingerprint density at radius 1 is 1.08 bits per heavy atom. The van der Waals surface area contributed by atoms with E-state index in [1.54, 1.807) is 31.3 Å². The van der Waals surface area contributed by atoms with E-state index in [9.17, 15) is 9.59 Å². The summed E-state index contributed by atoms with van der Waals surface area (Å²) in [7, 11) is 3.13. The van der Waals surface area contributed by atoms with Gasteiger partial charge in [0.05, 0.1) is 20.3 Å². The maximum Gasteiger partial charge on any atom is 0.315 e. The van der Waals surface area contributed by atoms with Gasteiger partial charge < -0.3 is 25.0 Å². The Morgan fingerprint density at radius 3 is 2.44 bits per heavy atom. The molecule has 1 saturated carbocycles. The second kappa shape index (κ2) is 7.63. The Morgan fingerprint density at radius 2 is 1.76 bits per heavy atom. The molecule has 1 unspecified atom stereocenters. The van der Waals surface area contributed by atoms with Crippen LogP contribution in [0.4, 0.5) is 10.5 Å². The quantitative estimate of drug-likeness (QED) is 0.854. The minimum Gasteiger partial charge on any atom is -0.493 e. The topological polar surface area (TPSA) is 79.9 Å². The highest BCUT2D eigenvalue weighted by atomic mass is 16.5. The van der Waals surface area contributed by atoms with Crippen LogP contribution in [0, 0.1) is 0 Å². The van der Waals surface area contributed by atoms with Crippen LogP contribution in [-0.4, -0.2) is 44.8 Å². The maximum absolute atomic E-state index is 12.3. The zero-order valence-corrected chi connectivity index (χ0v) is 14.7. The largest absolute Gasteiger partial charge is 0.493 e. The van der Waals surface area contributed by atoms with E-state index in [-0.39, 0.29) is 24.0 Å². The van der Waals surface area contributed by atoms with Gasteiger partial charge in [0.2, 0.25) is 5.91 Å². The van der Waals surface area contributed by atoms with E-state index in [1.165, 1.54) is 12.8 Å². The first-order chi connectivity index (χ1) is 12.1. The number of nitrogens with one attached hydrogen (secondary N) is 2. The van der Waals surface area contributed by atoms with E-state index >= 15 is 0 Å². The fourth-order valence-corrected chi connectivity index (χ4v) is 3.53. The third kappa shape index (κ3) is 3.97. The first-order valence-electron chi connectivity index (χ1n) is 8.70. The van der Waals surface area contributed by atoms with Gasteiger partial charge in [-0.1, -0.05) is 12.8 Å². The van der Waals surface area contributed by atoms with E-state index in [4.69, 9.17) is 9.47 Å². The summed E-state index contributed by atoms with van der Waals surface area (Å²) in [6.45, 7) is 0.451. The molecule has 1 atom stereocenters. The first-order valence-corrected chi connectivity index (χ1v) is 8.70. The number of hydrogen-bond acceptors (Lipinski definition) is 4. The summed E-state index contributed by atoms with van der Waals surface area (Å²) in [6, 6.07) is 5.26. The molecule has 2 N–H and O–H groups in total. The summed E-state index contributed by atoms with van der Waals surface area (Å²) >= 11 is 0. The summed E-state index contributed by atoms with van der Waals surface area (Å²) in [5.74, 6) is 1.17. The van der Waals surface area contributed by atoms with Crippen molar-refractivity contribution >= 4 is 17.6 Å². The Labute approximate surface area is 147 Å². The molecule has 1 aromatic rings. The normalized spacial score (nSPS) is 20.6. The second-order valence-electron chi connectivity index (χ2n) is 6.54. The van der Waals surface area contributed by atoms with Gasteiger partial charge in [0, 0.05) is 30.8 Å². The molecule has 1 heterocycles. The molecule has 1 aliphatic carbocycles. The van der Waals surface area contributed by atoms with Crippen LogP contribution < -0.4 is 25.0 Å². The molecule has 7 nitrogen and oxygen atoms in total. The van der Waals surface area contributed by atoms with Crippen LogP contribution in [0.2, 0.25) is 0 Å². The number of benzene rings is 1. The van der Waals surface area contributed by atoms with Gasteiger partial charge in [-0.05, 0) is 25.0 Å². The lowest BCUT2D eigenvalue weighted by atomic mass is 10.2.